The third-order valence-corrected chi connectivity index (χ3v) is 10.7. The number of carbonyl (C=O) groups excluding carboxylic acids is 3. The first-order valence-electron chi connectivity index (χ1n) is 26.5. The predicted octanol–water partition coefficient (Wildman–Crippen LogP) is 17.7. The number of allylic oxidation sites excluding steroid dienone is 20. The van der Waals surface area contributed by atoms with Crippen LogP contribution < -0.4 is 0 Å². The molecule has 6 heteroatoms. The molecule has 0 aliphatic heterocycles. The van der Waals surface area contributed by atoms with Gasteiger partial charge in [-0.05, 0) is 116 Å². The lowest BCUT2D eigenvalue weighted by molar-refractivity contribution is -0.166. The Bertz CT molecular complexity index is 1420. The third kappa shape index (κ3) is 50.8. The minimum absolute atomic E-state index is 0.113. The number of ether oxygens (including phenoxy) is 3. The highest BCUT2D eigenvalue weighted by Crippen LogP contribution is 2.13. The first-order valence-corrected chi connectivity index (χ1v) is 26.5. The summed E-state index contributed by atoms with van der Waals surface area (Å²) in [4.78, 5) is 38.0. The zero-order valence-electron chi connectivity index (χ0n) is 42.4. The Morgan fingerprint density at radius 2 is 0.621 bits per heavy atom. The molecular formula is C60H96O6. The van der Waals surface area contributed by atoms with Crippen LogP contribution in [0, 0.1) is 0 Å². The smallest absolute Gasteiger partial charge is 0.306 e. The van der Waals surface area contributed by atoms with Crippen LogP contribution in [-0.4, -0.2) is 37.2 Å². The largest absolute Gasteiger partial charge is 0.462 e. The molecule has 66 heavy (non-hydrogen) atoms. The zero-order chi connectivity index (χ0) is 47.9. The second-order valence-electron chi connectivity index (χ2n) is 17.0. The van der Waals surface area contributed by atoms with Gasteiger partial charge in [-0.15, -0.1) is 0 Å². The molecule has 0 aromatic rings. The number of hydrogen-bond acceptors (Lipinski definition) is 6. The molecule has 0 heterocycles. The maximum atomic E-state index is 12.8. The van der Waals surface area contributed by atoms with Gasteiger partial charge in [-0.2, -0.15) is 0 Å². The first kappa shape index (κ1) is 61.8. The second-order valence-corrected chi connectivity index (χ2v) is 17.0. The van der Waals surface area contributed by atoms with Gasteiger partial charge in [-0.3, -0.25) is 14.4 Å². The van der Waals surface area contributed by atoms with E-state index < -0.39 is 6.10 Å². The number of carbonyl (C=O) groups is 3. The highest BCUT2D eigenvalue weighted by molar-refractivity contribution is 5.71. The fourth-order valence-electron chi connectivity index (χ4n) is 6.77. The normalized spacial score (nSPS) is 13.1. The average Bonchev–Trinajstić information content (AvgIpc) is 3.31. The van der Waals surface area contributed by atoms with E-state index in [2.05, 4.69) is 130 Å². The molecular weight excluding hydrogens is 817 g/mol. The van der Waals surface area contributed by atoms with Crippen molar-refractivity contribution in [2.45, 2.75) is 226 Å². The Kier molecular flexibility index (Phi) is 50.0. The molecule has 0 saturated heterocycles. The summed E-state index contributed by atoms with van der Waals surface area (Å²) < 4.78 is 16.7. The summed E-state index contributed by atoms with van der Waals surface area (Å²) in [6.07, 6.45) is 73.3. The molecule has 0 N–H and O–H groups in total. The Balaban J connectivity index is 4.53. The summed E-state index contributed by atoms with van der Waals surface area (Å²) in [7, 11) is 0. The van der Waals surface area contributed by atoms with E-state index in [4.69, 9.17) is 14.2 Å². The standard InChI is InChI=1S/C60H96O6/c1-4-7-10-13-16-19-22-25-27-29-30-32-33-35-38-41-44-47-50-53-59(62)65-56-57(55-64-58(61)52-49-46-43-40-37-24-21-18-15-12-9-6-3)66-60(63)54-51-48-45-42-39-36-34-31-28-26-23-20-17-14-11-8-5-2/h7-8,10-11,16-21,25-28,30,32,35,38,44,47,57H,4-6,9,12-15,22-24,29,31,33-34,36-37,39-43,45-46,48-56H2,1-3H3/b10-7-,11-8-,19-16-,20-17-,21-18-,27-25-,28-26-,32-30-,38-35-,47-44-. The number of rotatable bonds is 46. The predicted molar refractivity (Wildman–Crippen MR) is 283 cm³/mol. The lowest BCUT2D eigenvalue weighted by Crippen LogP contribution is -2.30. The minimum atomic E-state index is -0.820. The highest BCUT2D eigenvalue weighted by atomic mass is 16.6. The topological polar surface area (TPSA) is 78.9 Å². The van der Waals surface area contributed by atoms with Gasteiger partial charge in [0.05, 0.1) is 0 Å². The lowest BCUT2D eigenvalue weighted by Gasteiger charge is -2.18. The van der Waals surface area contributed by atoms with E-state index >= 15 is 0 Å². The molecule has 0 saturated carbocycles. The van der Waals surface area contributed by atoms with Crippen LogP contribution in [0.5, 0.6) is 0 Å². The van der Waals surface area contributed by atoms with Crippen LogP contribution in [0.15, 0.2) is 122 Å². The summed E-state index contributed by atoms with van der Waals surface area (Å²) >= 11 is 0. The molecule has 6 nitrogen and oxygen atoms in total. The van der Waals surface area contributed by atoms with Crippen molar-refractivity contribution in [3.63, 3.8) is 0 Å². The molecule has 0 radical (unpaired) electrons. The molecule has 0 aliphatic rings. The molecule has 0 fully saturated rings. The van der Waals surface area contributed by atoms with E-state index in [0.29, 0.717) is 19.3 Å². The van der Waals surface area contributed by atoms with Crippen LogP contribution in [0.1, 0.15) is 220 Å². The maximum absolute atomic E-state index is 12.8. The molecule has 0 aromatic heterocycles. The van der Waals surface area contributed by atoms with Crippen LogP contribution in [0.2, 0.25) is 0 Å². The molecule has 0 spiro atoms. The van der Waals surface area contributed by atoms with Gasteiger partial charge in [0.1, 0.15) is 13.2 Å². The van der Waals surface area contributed by atoms with Gasteiger partial charge in [0.15, 0.2) is 6.10 Å². The van der Waals surface area contributed by atoms with Crippen molar-refractivity contribution in [1.29, 1.82) is 0 Å². The second kappa shape index (κ2) is 53.4. The van der Waals surface area contributed by atoms with Crippen molar-refractivity contribution >= 4 is 17.9 Å². The van der Waals surface area contributed by atoms with Gasteiger partial charge in [0, 0.05) is 19.3 Å². The van der Waals surface area contributed by atoms with Crippen molar-refractivity contribution in [1.82, 2.24) is 0 Å². The van der Waals surface area contributed by atoms with Gasteiger partial charge in [-0.1, -0.05) is 206 Å². The minimum Gasteiger partial charge on any atom is -0.462 e. The molecule has 0 aliphatic carbocycles. The molecule has 0 aromatic carbocycles. The Morgan fingerprint density at radius 1 is 0.318 bits per heavy atom. The van der Waals surface area contributed by atoms with Crippen LogP contribution in [0.25, 0.3) is 0 Å². The van der Waals surface area contributed by atoms with E-state index in [-0.39, 0.29) is 37.5 Å². The quantitative estimate of drug-likeness (QED) is 0.0262. The van der Waals surface area contributed by atoms with Crippen molar-refractivity contribution in [2.75, 3.05) is 13.2 Å². The molecule has 0 rings (SSSR count). The summed E-state index contributed by atoms with van der Waals surface area (Å²) in [5.41, 5.74) is 0. The third-order valence-electron chi connectivity index (χ3n) is 10.7. The summed E-state index contributed by atoms with van der Waals surface area (Å²) in [6, 6.07) is 0. The van der Waals surface area contributed by atoms with Crippen molar-refractivity contribution in [3.05, 3.63) is 122 Å². The van der Waals surface area contributed by atoms with Gasteiger partial charge in [0.25, 0.3) is 0 Å². The summed E-state index contributed by atoms with van der Waals surface area (Å²) in [5, 5.41) is 0. The van der Waals surface area contributed by atoms with Gasteiger partial charge < -0.3 is 14.2 Å². The fourth-order valence-corrected chi connectivity index (χ4v) is 6.77. The SMILES string of the molecule is CC/C=C\C/C=C\C/C=C\C/C=C\C/C=C\C/C=C\CCC(=O)OCC(COC(=O)CCCCCCC/C=C\CCCCC)OC(=O)CCCCCCCCC/C=C\C/C=C\C/C=C\CC. The number of unbranched alkanes of at least 4 members (excludes halogenated alkanes) is 15. The van der Waals surface area contributed by atoms with Crippen LogP contribution in [-0.2, 0) is 28.6 Å². The molecule has 1 atom stereocenters. The van der Waals surface area contributed by atoms with Gasteiger partial charge >= 0.3 is 17.9 Å². The van der Waals surface area contributed by atoms with E-state index in [9.17, 15) is 14.4 Å². The van der Waals surface area contributed by atoms with E-state index in [0.717, 1.165) is 122 Å². The average molecular weight is 913 g/mol. The first-order chi connectivity index (χ1) is 32.5. The van der Waals surface area contributed by atoms with E-state index in [1.807, 2.05) is 12.2 Å². The Labute approximate surface area is 405 Å². The van der Waals surface area contributed by atoms with E-state index in [1.165, 1.54) is 51.4 Å². The van der Waals surface area contributed by atoms with Gasteiger partial charge in [0.2, 0.25) is 0 Å². The lowest BCUT2D eigenvalue weighted by atomic mass is 10.1. The fraction of sp³-hybridized carbons (Fsp3) is 0.617. The van der Waals surface area contributed by atoms with Crippen molar-refractivity contribution in [2.24, 2.45) is 0 Å². The summed E-state index contributed by atoms with van der Waals surface area (Å²) in [5.74, 6) is -1.03. The zero-order valence-corrected chi connectivity index (χ0v) is 42.4. The van der Waals surface area contributed by atoms with E-state index in [1.54, 1.807) is 0 Å². The number of esters is 3. The Hall–Kier alpha value is -4.19. The van der Waals surface area contributed by atoms with Crippen molar-refractivity contribution < 1.29 is 28.6 Å². The summed E-state index contributed by atoms with van der Waals surface area (Å²) in [6.45, 7) is 6.29. The molecule has 0 bridgehead atoms. The maximum Gasteiger partial charge on any atom is 0.306 e. The monoisotopic (exact) mass is 913 g/mol. The number of hydrogen-bond donors (Lipinski definition) is 0. The highest BCUT2D eigenvalue weighted by Gasteiger charge is 2.19. The van der Waals surface area contributed by atoms with Gasteiger partial charge in [-0.25, -0.2) is 0 Å². The molecule has 1 unspecified atom stereocenters. The van der Waals surface area contributed by atoms with Crippen LogP contribution in [0.3, 0.4) is 0 Å². The molecule has 372 valence electrons. The van der Waals surface area contributed by atoms with Crippen LogP contribution >= 0.6 is 0 Å². The van der Waals surface area contributed by atoms with Crippen LogP contribution in [0.4, 0.5) is 0 Å². The molecule has 0 amide bonds. The Morgan fingerprint density at radius 3 is 1.03 bits per heavy atom. The van der Waals surface area contributed by atoms with Crippen molar-refractivity contribution in [3.8, 4) is 0 Å².